The Morgan fingerprint density at radius 2 is 2.18 bits per heavy atom. The second kappa shape index (κ2) is 5.49. The predicted molar refractivity (Wildman–Crippen MR) is 64.2 cm³/mol. The third kappa shape index (κ3) is 2.65. The van der Waals surface area contributed by atoms with Gasteiger partial charge in [-0.25, -0.2) is 15.0 Å². The molecule has 6 nitrogen and oxygen atoms in total. The highest BCUT2D eigenvalue weighted by Crippen LogP contribution is 2.12. The summed E-state index contributed by atoms with van der Waals surface area (Å²) in [4.78, 5) is 12.8. The van der Waals surface area contributed by atoms with Crippen molar-refractivity contribution in [1.29, 1.82) is 0 Å². The van der Waals surface area contributed by atoms with Crippen molar-refractivity contribution in [3.8, 4) is 11.6 Å². The molecule has 2 aromatic heterocycles. The lowest BCUT2D eigenvalue weighted by Crippen LogP contribution is -2.14. The number of hydrogen-bond donors (Lipinski definition) is 2. The highest BCUT2D eigenvalue weighted by atomic mass is 15.2. The van der Waals surface area contributed by atoms with Crippen LogP contribution in [0.15, 0.2) is 12.5 Å². The van der Waals surface area contributed by atoms with Crippen molar-refractivity contribution in [3.05, 3.63) is 23.8 Å². The van der Waals surface area contributed by atoms with Gasteiger partial charge in [-0.15, -0.1) is 0 Å². The summed E-state index contributed by atoms with van der Waals surface area (Å²) in [6.45, 7) is 5.90. The van der Waals surface area contributed by atoms with E-state index in [4.69, 9.17) is 0 Å². The zero-order valence-electron chi connectivity index (χ0n) is 10.1. The summed E-state index contributed by atoms with van der Waals surface area (Å²) in [6.07, 6.45) is 4.19. The van der Waals surface area contributed by atoms with Crippen molar-refractivity contribution >= 4 is 0 Å². The summed E-state index contributed by atoms with van der Waals surface area (Å²) >= 11 is 0. The molecule has 2 aromatic rings. The van der Waals surface area contributed by atoms with Gasteiger partial charge in [0.05, 0.1) is 0 Å². The average Bonchev–Trinajstić information content (AvgIpc) is 2.90. The zero-order chi connectivity index (χ0) is 12.1. The second-order valence-electron chi connectivity index (χ2n) is 3.63. The van der Waals surface area contributed by atoms with Crippen molar-refractivity contribution in [2.75, 3.05) is 6.54 Å². The fourth-order valence-corrected chi connectivity index (χ4v) is 1.58. The van der Waals surface area contributed by atoms with Crippen molar-refractivity contribution < 1.29 is 0 Å². The Bertz CT molecular complexity index is 465. The van der Waals surface area contributed by atoms with Gasteiger partial charge in [0.25, 0.3) is 0 Å². The summed E-state index contributed by atoms with van der Waals surface area (Å²) < 4.78 is 0. The molecule has 0 unspecified atom stereocenters. The Balaban J connectivity index is 2.27. The lowest BCUT2D eigenvalue weighted by atomic mass is 10.2. The van der Waals surface area contributed by atoms with Crippen molar-refractivity contribution in [2.45, 2.75) is 26.8 Å². The number of aromatic amines is 1. The first-order valence-corrected chi connectivity index (χ1v) is 5.76. The monoisotopic (exact) mass is 232 g/mol. The van der Waals surface area contributed by atoms with E-state index in [0.29, 0.717) is 11.6 Å². The first kappa shape index (κ1) is 11.7. The first-order valence-electron chi connectivity index (χ1n) is 5.76. The summed E-state index contributed by atoms with van der Waals surface area (Å²) in [5, 5.41) is 9.84. The van der Waals surface area contributed by atoms with Crippen molar-refractivity contribution in [1.82, 2.24) is 30.5 Å². The van der Waals surface area contributed by atoms with E-state index in [1.165, 1.54) is 6.33 Å². The molecule has 2 N–H and O–H groups in total. The molecule has 0 radical (unpaired) electrons. The normalized spacial score (nSPS) is 10.7. The maximum atomic E-state index is 4.50. The van der Waals surface area contributed by atoms with Gasteiger partial charge in [0, 0.05) is 24.0 Å². The highest BCUT2D eigenvalue weighted by Gasteiger charge is 2.08. The van der Waals surface area contributed by atoms with Crippen LogP contribution >= 0.6 is 0 Å². The number of nitrogens with one attached hydrogen (secondary N) is 2. The molecule has 6 heteroatoms. The number of rotatable bonds is 5. The van der Waals surface area contributed by atoms with Gasteiger partial charge < -0.3 is 5.32 Å². The Hall–Kier alpha value is -1.82. The minimum Gasteiger partial charge on any atom is -0.313 e. The van der Waals surface area contributed by atoms with Crippen LogP contribution in [0.1, 0.15) is 25.1 Å². The summed E-state index contributed by atoms with van der Waals surface area (Å²) in [5.74, 6) is 1.20. The lowest BCUT2D eigenvalue weighted by Gasteiger charge is -2.07. The molecule has 0 aliphatic rings. The van der Waals surface area contributed by atoms with Crippen molar-refractivity contribution in [2.24, 2.45) is 0 Å². The smallest absolute Gasteiger partial charge is 0.197 e. The number of nitrogens with zero attached hydrogens (tertiary/aromatic N) is 4. The molecule has 90 valence electrons. The van der Waals surface area contributed by atoms with E-state index in [1.54, 1.807) is 0 Å². The molecule has 0 fully saturated rings. The van der Waals surface area contributed by atoms with Crippen LogP contribution in [0.25, 0.3) is 11.6 Å². The standard InChI is InChI=1S/C11H16N6/c1-3-9-8(5-12-4-2)6-13-10(16-9)11-14-7-15-17-11/h6-7,12H,3-5H2,1-2H3,(H,14,15,17). The minimum absolute atomic E-state index is 0.597. The summed E-state index contributed by atoms with van der Waals surface area (Å²) in [5.41, 5.74) is 2.19. The SMILES string of the molecule is CCNCc1cnc(-c2ncn[nH]2)nc1CC. The molecule has 0 aromatic carbocycles. The average molecular weight is 232 g/mol. The molecular formula is C11H16N6. The predicted octanol–water partition coefficient (Wildman–Crippen LogP) is 0.934. The molecule has 0 saturated carbocycles. The molecule has 2 rings (SSSR count). The molecule has 0 aliphatic heterocycles. The van der Waals surface area contributed by atoms with Gasteiger partial charge in [0.1, 0.15) is 6.33 Å². The molecule has 0 bridgehead atoms. The Morgan fingerprint density at radius 1 is 1.29 bits per heavy atom. The van der Waals surface area contributed by atoms with Crippen LogP contribution in [0.2, 0.25) is 0 Å². The summed E-state index contributed by atoms with van der Waals surface area (Å²) in [7, 11) is 0. The Morgan fingerprint density at radius 3 is 2.82 bits per heavy atom. The van der Waals surface area contributed by atoms with E-state index < -0.39 is 0 Å². The second-order valence-corrected chi connectivity index (χ2v) is 3.63. The van der Waals surface area contributed by atoms with Gasteiger partial charge in [-0.2, -0.15) is 5.10 Å². The molecule has 2 heterocycles. The zero-order valence-corrected chi connectivity index (χ0v) is 10.1. The van der Waals surface area contributed by atoms with Gasteiger partial charge in [-0.3, -0.25) is 5.10 Å². The van der Waals surface area contributed by atoms with Gasteiger partial charge in [-0.05, 0) is 13.0 Å². The van der Waals surface area contributed by atoms with Gasteiger partial charge in [0.15, 0.2) is 11.6 Å². The van der Waals surface area contributed by atoms with Crippen LogP contribution in [-0.2, 0) is 13.0 Å². The van der Waals surface area contributed by atoms with Crippen LogP contribution in [0.4, 0.5) is 0 Å². The number of hydrogen-bond acceptors (Lipinski definition) is 5. The van der Waals surface area contributed by atoms with Crippen LogP contribution in [-0.4, -0.2) is 31.7 Å². The maximum Gasteiger partial charge on any atom is 0.197 e. The molecular weight excluding hydrogens is 216 g/mol. The van der Waals surface area contributed by atoms with Gasteiger partial charge in [-0.1, -0.05) is 13.8 Å². The molecule has 0 spiro atoms. The molecule has 17 heavy (non-hydrogen) atoms. The van der Waals surface area contributed by atoms with Crippen molar-refractivity contribution in [3.63, 3.8) is 0 Å². The Labute approximate surface area is 99.9 Å². The highest BCUT2D eigenvalue weighted by molar-refractivity contribution is 5.42. The quantitative estimate of drug-likeness (QED) is 0.801. The van der Waals surface area contributed by atoms with Crippen LogP contribution < -0.4 is 5.32 Å². The van der Waals surface area contributed by atoms with Gasteiger partial charge >= 0.3 is 0 Å². The largest absolute Gasteiger partial charge is 0.313 e. The lowest BCUT2D eigenvalue weighted by molar-refractivity contribution is 0.711. The van der Waals surface area contributed by atoms with E-state index in [1.807, 2.05) is 6.20 Å². The molecule has 0 saturated heterocycles. The van der Waals surface area contributed by atoms with Crippen LogP contribution in [0, 0.1) is 0 Å². The fraction of sp³-hybridized carbons (Fsp3) is 0.455. The molecule has 0 atom stereocenters. The maximum absolute atomic E-state index is 4.50. The number of aryl methyl sites for hydroxylation is 1. The molecule has 0 aliphatic carbocycles. The van der Waals surface area contributed by atoms with E-state index in [2.05, 4.69) is 44.3 Å². The third-order valence-corrected chi connectivity index (χ3v) is 2.48. The first-order chi connectivity index (χ1) is 8.35. The van der Waals surface area contributed by atoms with Crippen LogP contribution in [0.5, 0.6) is 0 Å². The Kier molecular flexibility index (Phi) is 3.77. The van der Waals surface area contributed by atoms with Gasteiger partial charge in [0.2, 0.25) is 0 Å². The summed E-state index contributed by atoms with van der Waals surface area (Å²) in [6, 6.07) is 0. The topological polar surface area (TPSA) is 79.4 Å². The van der Waals surface area contributed by atoms with E-state index >= 15 is 0 Å². The van der Waals surface area contributed by atoms with Crippen LogP contribution in [0.3, 0.4) is 0 Å². The van der Waals surface area contributed by atoms with E-state index in [0.717, 1.165) is 30.8 Å². The van der Waals surface area contributed by atoms with E-state index in [9.17, 15) is 0 Å². The number of H-pyrrole nitrogens is 1. The molecule has 0 amide bonds. The van der Waals surface area contributed by atoms with E-state index in [-0.39, 0.29) is 0 Å². The third-order valence-electron chi connectivity index (χ3n) is 2.48. The minimum atomic E-state index is 0.597. The number of aromatic nitrogens is 5. The fourth-order valence-electron chi connectivity index (χ4n) is 1.58.